The lowest BCUT2D eigenvalue weighted by molar-refractivity contribution is -0.143. The first kappa shape index (κ1) is 17.0. The van der Waals surface area contributed by atoms with Crippen molar-refractivity contribution in [2.45, 2.75) is 40.3 Å². The first-order valence-electron chi connectivity index (χ1n) is 6.95. The minimum Gasteiger partial charge on any atom is -0.480 e. The molecule has 0 aliphatic heterocycles. The highest BCUT2D eigenvalue weighted by atomic mass is 16.5. The Morgan fingerprint density at radius 3 is 2.29 bits per heavy atom. The molecule has 1 unspecified atom stereocenters. The van der Waals surface area contributed by atoms with E-state index in [4.69, 9.17) is 4.74 Å². The van der Waals surface area contributed by atoms with E-state index in [0.717, 1.165) is 5.56 Å². The van der Waals surface area contributed by atoms with Crippen LogP contribution >= 0.6 is 0 Å². The van der Waals surface area contributed by atoms with Crippen LogP contribution in [0.1, 0.15) is 33.3 Å². The van der Waals surface area contributed by atoms with Gasteiger partial charge >= 0.3 is 12.1 Å². The van der Waals surface area contributed by atoms with Gasteiger partial charge in [0.25, 0.3) is 0 Å². The van der Waals surface area contributed by atoms with Gasteiger partial charge in [-0.2, -0.15) is 0 Å². The lowest BCUT2D eigenvalue weighted by atomic mass is 9.75. The second kappa shape index (κ2) is 7.11. The molecule has 1 rings (SSSR count). The lowest BCUT2D eigenvalue weighted by Gasteiger charge is -2.35. The fourth-order valence-corrected chi connectivity index (χ4v) is 1.78. The van der Waals surface area contributed by atoms with Crippen molar-refractivity contribution < 1.29 is 19.4 Å². The van der Waals surface area contributed by atoms with E-state index in [-0.39, 0.29) is 12.5 Å². The number of alkyl carbamates (subject to hydrolysis) is 1. The number of hydrogen-bond donors (Lipinski definition) is 2. The van der Waals surface area contributed by atoms with Gasteiger partial charge in [0.05, 0.1) is 0 Å². The molecule has 0 aliphatic carbocycles. The second-order valence-corrected chi connectivity index (χ2v) is 5.95. The van der Waals surface area contributed by atoms with Gasteiger partial charge in [-0.05, 0) is 16.9 Å². The summed E-state index contributed by atoms with van der Waals surface area (Å²) in [6.45, 7) is 7.59. The van der Waals surface area contributed by atoms with Crippen LogP contribution in [-0.2, 0) is 16.1 Å². The third-order valence-electron chi connectivity index (χ3n) is 3.95. The zero-order chi connectivity index (χ0) is 16.0. The van der Waals surface area contributed by atoms with Crippen molar-refractivity contribution in [3.63, 3.8) is 0 Å². The zero-order valence-corrected chi connectivity index (χ0v) is 12.9. The van der Waals surface area contributed by atoms with Crippen molar-refractivity contribution in [3.05, 3.63) is 35.9 Å². The van der Waals surface area contributed by atoms with Gasteiger partial charge in [-0.25, -0.2) is 9.59 Å². The summed E-state index contributed by atoms with van der Waals surface area (Å²) < 4.78 is 5.07. The molecular formula is C16H23NO4. The van der Waals surface area contributed by atoms with E-state index in [2.05, 4.69) is 5.32 Å². The Morgan fingerprint density at radius 2 is 1.81 bits per heavy atom. The molecule has 21 heavy (non-hydrogen) atoms. The maximum atomic E-state index is 11.8. The number of ether oxygens (including phenoxy) is 1. The number of carbonyl (C=O) groups is 2. The number of rotatable bonds is 6. The zero-order valence-electron chi connectivity index (χ0n) is 12.9. The molecule has 1 atom stereocenters. The highest BCUT2D eigenvalue weighted by molar-refractivity contribution is 5.80. The van der Waals surface area contributed by atoms with Crippen molar-refractivity contribution in [1.29, 1.82) is 0 Å². The molecule has 0 fully saturated rings. The third kappa shape index (κ3) is 4.77. The number of aliphatic carboxylic acids is 1. The summed E-state index contributed by atoms with van der Waals surface area (Å²) in [7, 11) is 0. The van der Waals surface area contributed by atoms with E-state index in [1.807, 2.05) is 58.0 Å². The van der Waals surface area contributed by atoms with Crippen molar-refractivity contribution >= 4 is 12.1 Å². The van der Waals surface area contributed by atoms with Gasteiger partial charge in [-0.15, -0.1) is 0 Å². The molecule has 1 amide bonds. The van der Waals surface area contributed by atoms with Gasteiger partial charge in [0.2, 0.25) is 0 Å². The molecule has 0 aromatic heterocycles. The molecular weight excluding hydrogens is 270 g/mol. The standard InChI is InChI=1S/C16H23NO4/c1-11(2)16(3,4)13(14(18)19)17-15(20)21-10-12-8-6-5-7-9-12/h5-9,11,13H,10H2,1-4H3,(H,17,20)(H,18,19). The van der Waals surface area contributed by atoms with E-state index in [0.29, 0.717) is 0 Å². The number of carbonyl (C=O) groups excluding carboxylic acids is 1. The van der Waals surface area contributed by atoms with Crippen LogP contribution in [0, 0.1) is 11.3 Å². The Bertz CT molecular complexity index is 482. The Hall–Kier alpha value is -2.04. The molecule has 0 radical (unpaired) electrons. The second-order valence-electron chi connectivity index (χ2n) is 5.95. The van der Waals surface area contributed by atoms with Crippen LogP contribution in [0.5, 0.6) is 0 Å². The highest BCUT2D eigenvalue weighted by Gasteiger charge is 2.39. The first-order chi connectivity index (χ1) is 9.75. The van der Waals surface area contributed by atoms with Crippen LogP contribution in [0.3, 0.4) is 0 Å². The maximum absolute atomic E-state index is 11.8. The summed E-state index contributed by atoms with van der Waals surface area (Å²) in [6.07, 6.45) is -0.722. The quantitative estimate of drug-likeness (QED) is 0.845. The van der Waals surface area contributed by atoms with Crippen molar-refractivity contribution in [3.8, 4) is 0 Å². The molecule has 0 saturated carbocycles. The minimum absolute atomic E-state index is 0.0908. The van der Waals surface area contributed by atoms with Gasteiger partial charge < -0.3 is 15.2 Å². The van der Waals surface area contributed by atoms with Crippen molar-refractivity contribution in [2.24, 2.45) is 11.3 Å². The van der Waals surface area contributed by atoms with Gasteiger partial charge in [-0.3, -0.25) is 0 Å². The number of hydrogen-bond acceptors (Lipinski definition) is 3. The number of amides is 1. The molecule has 0 heterocycles. The summed E-state index contributed by atoms with van der Waals surface area (Å²) >= 11 is 0. The van der Waals surface area contributed by atoms with Gasteiger partial charge in [-0.1, -0.05) is 58.0 Å². The fraction of sp³-hybridized carbons (Fsp3) is 0.500. The molecule has 5 nitrogen and oxygen atoms in total. The van der Waals surface area contributed by atoms with Gasteiger partial charge in [0.15, 0.2) is 0 Å². The topological polar surface area (TPSA) is 75.6 Å². The van der Waals surface area contributed by atoms with E-state index in [9.17, 15) is 14.7 Å². The van der Waals surface area contributed by atoms with Crippen LogP contribution in [-0.4, -0.2) is 23.2 Å². The average molecular weight is 293 g/mol. The Morgan fingerprint density at radius 1 is 1.24 bits per heavy atom. The summed E-state index contributed by atoms with van der Waals surface area (Å²) in [5.74, 6) is -0.974. The SMILES string of the molecule is CC(C)C(C)(C)C(NC(=O)OCc1ccccc1)C(=O)O. The smallest absolute Gasteiger partial charge is 0.408 e. The first-order valence-corrected chi connectivity index (χ1v) is 6.95. The monoisotopic (exact) mass is 293 g/mol. The van der Waals surface area contributed by atoms with E-state index >= 15 is 0 Å². The molecule has 0 aliphatic rings. The highest BCUT2D eigenvalue weighted by Crippen LogP contribution is 2.30. The third-order valence-corrected chi connectivity index (χ3v) is 3.95. The minimum atomic E-state index is -1.06. The summed E-state index contributed by atoms with van der Waals surface area (Å²) in [5, 5.41) is 11.8. The molecule has 0 saturated heterocycles. The van der Waals surface area contributed by atoms with Crippen LogP contribution in [0.4, 0.5) is 4.79 Å². The summed E-state index contributed by atoms with van der Waals surface area (Å²) in [6, 6.07) is 8.23. The largest absolute Gasteiger partial charge is 0.480 e. The Labute approximate surface area is 125 Å². The van der Waals surface area contributed by atoms with Crippen LogP contribution in [0.15, 0.2) is 30.3 Å². The van der Waals surface area contributed by atoms with Gasteiger partial charge in [0.1, 0.15) is 12.6 Å². The number of carboxylic acids is 1. The van der Waals surface area contributed by atoms with Crippen LogP contribution in [0.25, 0.3) is 0 Å². The van der Waals surface area contributed by atoms with E-state index < -0.39 is 23.5 Å². The van der Waals surface area contributed by atoms with Gasteiger partial charge in [0, 0.05) is 0 Å². The Balaban J connectivity index is 2.64. The van der Waals surface area contributed by atoms with Crippen LogP contribution in [0.2, 0.25) is 0 Å². The maximum Gasteiger partial charge on any atom is 0.408 e. The lowest BCUT2D eigenvalue weighted by Crippen LogP contribution is -2.52. The predicted octanol–water partition coefficient (Wildman–Crippen LogP) is 3.05. The number of carboxylic acid groups (broad SMARTS) is 1. The molecule has 5 heteroatoms. The summed E-state index contributed by atoms with van der Waals surface area (Å²) in [5.41, 5.74) is 0.264. The van der Waals surface area contributed by atoms with E-state index in [1.165, 1.54) is 0 Å². The number of benzene rings is 1. The molecule has 116 valence electrons. The Kier molecular flexibility index (Phi) is 5.76. The van der Waals surface area contributed by atoms with Crippen molar-refractivity contribution in [1.82, 2.24) is 5.32 Å². The number of nitrogens with one attached hydrogen (secondary N) is 1. The molecule has 1 aromatic carbocycles. The van der Waals surface area contributed by atoms with Crippen molar-refractivity contribution in [2.75, 3.05) is 0 Å². The fourth-order valence-electron chi connectivity index (χ4n) is 1.78. The van der Waals surface area contributed by atoms with Crippen LogP contribution < -0.4 is 5.32 Å². The molecule has 0 bridgehead atoms. The molecule has 2 N–H and O–H groups in total. The summed E-state index contributed by atoms with van der Waals surface area (Å²) in [4.78, 5) is 23.2. The van der Waals surface area contributed by atoms with E-state index in [1.54, 1.807) is 0 Å². The normalized spacial score (nSPS) is 12.8. The molecule has 1 aromatic rings. The average Bonchev–Trinajstić information content (AvgIpc) is 2.43. The molecule has 0 spiro atoms. The predicted molar refractivity (Wildman–Crippen MR) is 79.8 cm³/mol.